The standard InChI is InChI=1S/C19H17N7S/c1-25-12-14(10-22-25)16-11-21-19-18(20-7-8-26(16)19)23-17-9-15(24-27-17)13-5-3-2-4-6-13/h2-10,12,16H,11H2,1H3,(H,20,23). The first-order valence-electron chi connectivity index (χ1n) is 8.63. The number of aromatic nitrogens is 3. The third-order valence-corrected chi connectivity index (χ3v) is 5.27. The molecule has 4 heterocycles. The van der Waals surface area contributed by atoms with Crippen LogP contribution in [0.25, 0.3) is 11.3 Å². The largest absolute Gasteiger partial charge is 0.328 e. The Morgan fingerprint density at radius 1 is 1.22 bits per heavy atom. The van der Waals surface area contributed by atoms with Crippen LogP contribution in [0.15, 0.2) is 71.2 Å². The molecule has 0 spiro atoms. The highest BCUT2D eigenvalue weighted by Crippen LogP contribution is 2.30. The van der Waals surface area contributed by atoms with Gasteiger partial charge in [-0.2, -0.15) is 9.47 Å². The van der Waals surface area contributed by atoms with Crippen molar-refractivity contribution < 1.29 is 0 Å². The van der Waals surface area contributed by atoms with Crippen LogP contribution in [-0.4, -0.2) is 37.3 Å². The van der Waals surface area contributed by atoms with Crippen molar-refractivity contribution in [2.45, 2.75) is 6.04 Å². The molecule has 1 N–H and O–H groups in total. The normalized spacial score (nSPS) is 18.3. The van der Waals surface area contributed by atoms with Crippen molar-refractivity contribution in [3.8, 4) is 11.3 Å². The molecular weight excluding hydrogens is 358 g/mol. The fourth-order valence-electron chi connectivity index (χ4n) is 3.26. The summed E-state index contributed by atoms with van der Waals surface area (Å²) in [7, 11) is 1.93. The van der Waals surface area contributed by atoms with E-state index < -0.39 is 0 Å². The monoisotopic (exact) mass is 375 g/mol. The lowest BCUT2D eigenvalue weighted by Crippen LogP contribution is -2.36. The summed E-state index contributed by atoms with van der Waals surface area (Å²) in [4.78, 5) is 11.4. The second-order valence-electron chi connectivity index (χ2n) is 6.38. The van der Waals surface area contributed by atoms with Crippen LogP contribution >= 0.6 is 11.5 Å². The van der Waals surface area contributed by atoms with Gasteiger partial charge in [-0.25, -0.2) is 4.99 Å². The maximum Gasteiger partial charge on any atom is 0.174 e. The summed E-state index contributed by atoms with van der Waals surface area (Å²) < 4.78 is 6.36. The lowest BCUT2D eigenvalue weighted by molar-refractivity contribution is 0.458. The molecule has 3 aromatic rings. The summed E-state index contributed by atoms with van der Waals surface area (Å²) in [5, 5.41) is 8.60. The van der Waals surface area contributed by atoms with E-state index in [1.807, 2.05) is 54.6 Å². The number of benzene rings is 1. The lowest BCUT2D eigenvalue weighted by Gasteiger charge is -2.26. The average Bonchev–Trinajstić information content (AvgIpc) is 3.42. The molecule has 2 aliphatic rings. The molecule has 134 valence electrons. The molecule has 0 radical (unpaired) electrons. The summed E-state index contributed by atoms with van der Waals surface area (Å²) in [6.07, 6.45) is 7.70. The molecule has 5 rings (SSSR count). The van der Waals surface area contributed by atoms with E-state index in [1.54, 1.807) is 6.20 Å². The number of fused-ring (bicyclic) bond motifs is 1. The highest BCUT2D eigenvalue weighted by Gasteiger charge is 2.33. The molecule has 27 heavy (non-hydrogen) atoms. The van der Waals surface area contributed by atoms with Crippen LogP contribution in [0.5, 0.6) is 0 Å². The Morgan fingerprint density at radius 2 is 2.11 bits per heavy atom. The van der Waals surface area contributed by atoms with Crippen LogP contribution in [-0.2, 0) is 7.05 Å². The zero-order chi connectivity index (χ0) is 18.2. The van der Waals surface area contributed by atoms with E-state index in [0.717, 1.165) is 33.5 Å². The first-order chi connectivity index (χ1) is 13.3. The van der Waals surface area contributed by atoms with Gasteiger partial charge in [0.15, 0.2) is 11.7 Å². The summed E-state index contributed by atoms with van der Waals surface area (Å²) in [5.41, 5.74) is 3.20. The molecule has 2 aliphatic heterocycles. The van der Waals surface area contributed by atoms with E-state index >= 15 is 0 Å². The third kappa shape index (κ3) is 2.93. The molecule has 0 saturated heterocycles. The Kier molecular flexibility index (Phi) is 3.83. The number of nitrogens with zero attached hydrogens (tertiary/aromatic N) is 6. The summed E-state index contributed by atoms with van der Waals surface area (Å²) in [5.74, 6) is 1.59. The van der Waals surface area contributed by atoms with Crippen molar-refractivity contribution in [3.63, 3.8) is 0 Å². The number of amidine groups is 2. The van der Waals surface area contributed by atoms with Crippen molar-refractivity contribution in [1.82, 2.24) is 19.1 Å². The van der Waals surface area contributed by atoms with Crippen LogP contribution in [0.1, 0.15) is 11.6 Å². The van der Waals surface area contributed by atoms with Gasteiger partial charge in [-0.05, 0) is 11.5 Å². The average molecular weight is 375 g/mol. The van der Waals surface area contributed by atoms with Gasteiger partial charge >= 0.3 is 0 Å². The van der Waals surface area contributed by atoms with Gasteiger partial charge in [0.1, 0.15) is 5.00 Å². The second-order valence-corrected chi connectivity index (χ2v) is 7.18. The van der Waals surface area contributed by atoms with Crippen molar-refractivity contribution in [2.24, 2.45) is 17.0 Å². The predicted molar refractivity (Wildman–Crippen MR) is 108 cm³/mol. The fourth-order valence-corrected chi connectivity index (χ4v) is 3.92. The molecule has 0 aliphatic carbocycles. The van der Waals surface area contributed by atoms with Crippen LogP contribution < -0.4 is 5.32 Å². The van der Waals surface area contributed by atoms with Gasteiger partial charge in [0.25, 0.3) is 0 Å². The van der Waals surface area contributed by atoms with Gasteiger partial charge in [-0.1, -0.05) is 30.3 Å². The van der Waals surface area contributed by atoms with E-state index in [9.17, 15) is 0 Å². The summed E-state index contributed by atoms with van der Waals surface area (Å²) in [6.45, 7) is 0.685. The topological polar surface area (TPSA) is 70.7 Å². The molecular formula is C19H17N7S. The Hall–Kier alpha value is -3.26. The van der Waals surface area contributed by atoms with Crippen molar-refractivity contribution >= 4 is 28.2 Å². The summed E-state index contributed by atoms with van der Waals surface area (Å²) >= 11 is 1.42. The van der Waals surface area contributed by atoms with Crippen molar-refractivity contribution in [1.29, 1.82) is 0 Å². The minimum atomic E-state index is 0.151. The molecule has 0 bridgehead atoms. The smallest absolute Gasteiger partial charge is 0.174 e. The van der Waals surface area contributed by atoms with Gasteiger partial charge < -0.3 is 10.2 Å². The second kappa shape index (κ2) is 6.48. The van der Waals surface area contributed by atoms with Crippen molar-refractivity contribution in [2.75, 3.05) is 11.9 Å². The highest BCUT2D eigenvalue weighted by molar-refractivity contribution is 7.10. The number of hydrogen-bond donors (Lipinski definition) is 1. The number of aliphatic imine (C=N–C) groups is 2. The van der Waals surface area contributed by atoms with Gasteiger partial charge in [0.05, 0.1) is 24.5 Å². The molecule has 1 aromatic carbocycles. The minimum Gasteiger partial charge on any atom is -0.328 e. The van der Waals surface area contributed by atoms with Gasteiger partial charge in [0.2, 0.25) is 0 Å². The fraction of sp³-hybridized carbons (Fsp3) is 0.158. The van der Waals surface area contributed by atoms with Crippen LogP contribution in [0.2, 0.25) is 0 Å². The first kappa shape index (κ1) is 16.0. The predicted octanol–water partition coefficient (Wildman–Crippen LogP) is 3.29. The SMILES string of the molecule is Cn1cc(C2CN=C3C(Nc4cc(-c5ccccc5)ns4)=NC=CN32)cn1. The first-order valence-corrected chi connectivity index (χ1v) is 9.40. The third-order valence-electron chi connectivity index (χ3n) is 4.57. The number of anilines is 1. The van der Waals surface area contributed by atoms with Gasteiger partial charge in [0, 0.05) is 42.8 Å². The van der Waals surface area contributed by atoms with E-state index in [-0.39, 0.29) is 6.04 Å². The zero-order valence-corrected chi connectivity index (χ0v) is 15.5. The highest BCUT2D eigenvalue weighted by atomic mass is 32.1. The lowest BCUT2D eigenvalue weighted by atomic mass is 10.1. The van der Waals surface area contributed by atoms with Gasteiger partial charge in [-0.3, -0.25) is 9.67 Å². The number of rotatable bonds is 3. The molecule has 1 atom stereocenters. The summed E-state index contributed by atoms with van der Waals surface area (Å²) in [6, 6.07) is 12.3. The zero-order valence-electron chi connectivity index (χ0n) is 14.6. The maximum atomic E-state index is 4.71. The molecule has 7 nitrogen and oxygen atoms in total. The number of hydrogen-bond acceptors (Lipinski definition) is 7. The Morgan fingerprint density at radius 3 is 2.93 bits per heavy atom. The van der Waals surface area contributed by atoms with Crippen molar-refractivity contribution in [3.05, 3.63) is 66.8 Å². The van der Waals surface area contributed by atoms with Gasteiger partial charge in [-0.15, -0.1) is 0 Å². The Labute approximate surface area is 160 Å². The molecule has 1 unspecified atom stereocenters. The van der Waals surface area contributed by atoms with Crippen LogP contribution in [0.4, 0.5) is 5.00 Å². The molecule has 2 aromatic heterocycles. The maximum absolute atomic E-state index is 4.71. The van der Waals surface area contributed by atoms with E-state index in [0.29, 0.717) is 6.54 Å². The van der Waals surface area contributed by atoms with Crippen LogP contribution in [0, 0.1) is 0 Å². The molecule has 0 amide bonds. The van der Waals surface area contributed by atoms with E-state index in [4.69, 9.17) is 4.99 Å². The van der Waals surface area contributed by atoms with Crippen LogP contribution in [0.3, 0.4) is 0 Å². The molecule has 8 heteroatoms. The molecule has 0 saturated carbocycles. The minimum absolute atomic E-state index is 0.151. The van der Waals surface area contributed by atoms with E-state index in [1.165, 1.54) is 11.5 Å². The number of nitrogens with one attached hydrogen (secondary N) is 1. The Balaban J connectivity index is 1.36. The number of aryl methyl sites for hydroxylation is 1. The quantitative estimate of drug-likeness (QED) is 0.763. The molecule has 0 fully saturated rings. The Bertz CT molecular complexity index is 1060. The van der Waals surface area contributed by atoms with E-state index in [2.05, 4.69) is 36.8 Å².